The fraction of sp³-hybridized carbons (Fsp3) is 0.385. The van der Waals surface area contributed by atoms with Gasteiger partial charge in [0.05, 0.1) is 6.54 Å². The number of carbonyl (C=O) groups excluding carboxylic acids is 1. The van der Waals surface area contributed by atoms with Crippen LogP contribution in [0.15, 0.2) is 18.3 Å². The van der Waals surface area contributed by atoms with Crippen LogP contribution in [0.5, 0.6) is 0 Å². The SMILES string of the molecule is NCC#Cc1ccnc(NC(=O)C2CCSC2)c1. The molecule has 0 radical (unpaired) electrons. The van der Waals surface area contributed by atoms with Crippen LogP contribution in [0.3, 0.4) is 0 Å². The molecular formula is C13H15N3OS. The van der Waals surface area contributed by atoms with Crippen LogP contribution in [-0.2, 0) is 4.79 Å². The van der Waals surface area contributed by atoms with Gasteiger partial charge in [-0.25, -0.2) is 4.98 Å². The number of nitrogens with zero attached hydrogens (tertiary/aromatic N) is 1. The number of thioether (sulfide) groups is 1. The number of hydrogen-bond acceptors (Lipinski definition) is 4. The summed E-state index contributed by atoms with van der Waals surface area (Å²) in [5, 5.41) is 2.84. The largest absolute Gasteiger partial charge is 0.320 e. The van der Waals surface area contributed by atoms with E-state index in [1.165, 1.54) is 0 Å². The summed E-state index contributed by atoms with van der Waals surface area (Å²) >= 11 is 1.82. The molecule has 5 heteroatoms. The van der Waals surface area contributed by atoms with Crippen molar-refractivity contribution in [3.8, 4) is 11.8 Å². The molecule has 4 nitrogen and oxygen atoms in total. The number of nitrogens with one attached hydrogen (secondary N) is 1. The Bertz CT molecular complexity index is 486. The summed E-state index contributed by atoms with van der Waals surface area (Å²) in [6.07, 6.45) is 2.59. The monoisotopic (exact) mass is 261 g/mol. The zero-order valence-electron chi connectivity index (χ0n) is 9.98. The number of nitrogens with two attached hydrogens (primary N) is 1. The Morgan fingerprint density at radius 3 is 3.28 bits per heavy atom. The fourth-order valence-corrected chi connectivity index (χ4v) is 2.92. The molecule has 0 spiro atoms. The maximum atomic E-state index is 11.9. The van der Waals surface area contributed by atoms with Gasteiger partial charge >= 0.3 is 0 Å². The van der Waals surface area contributed by atoms with E-state index < -0.39 is 0 Å². The summed E-state index contributed by atoms with van der Waals surface area (Å²) in [6.45, 7) is 0.323. The molecular weight excluding hydrogens is 246 g/mol. The van der Waals surface area contributed by atoms with Crippen molar-refractivity contribution in [3.63, 3.8) is 0 Å². The summed E-state index contributed by atoms with van der Waals surface area (Å²) in [6, 6.07) is 3.56. The first-order valence-electron chi connectivity index (χ1n) is 5.83. The van der Waals surface area contributed by atoms with Gasteiger partial charge in [0.2, 0.25) is 5.91 Å². The second kappa shape index (κ2) is 6.43. The van der Waals surface area contributed by atoms with Gasteiger partial charge in [-0.1, -0.05) is 11.8 Å². The topological polar surface area (TPSA) is 68.0 Å². The second-order valence-corrected chi connectivity index (χ2v) is 5.14. The second-order valence-electron chi connectivity index (χ2n) is 3.99. The minimum absolute atomic E-state index is 0.0523. The van der Waals surface area contributed by atoms with E-state index in [1.807, 2.05) is 11.8 Å². The summed E-state index contributed by atoms with van der Waals surface area (Å²) < 4.78 is 0. The molecule has 0 saturated carbocycles. The molecule has 1 aromatic heterocycles. The van der Waals surface area contributed by atoms with Gasteiger partial charge in [0.25, 0.3) is 0 Å². The molecule has 2 rings (SSSR count). The van der Waals surface area contributed by atoms with E-state index in [9.17, 15) is 4.79 Å². The van der Waals surface area contributed by atoms with Gasteiger partial charge in [0.1, 0.15) is 5.82 Å². The number of anilines is 1. The lowest BCUT2D eigenvalue weighted by Gasteiger charge is -2.08. The number of amides is 1. The normalized spacial score (nSPS) is 17.9. The summed E-state index contributed by atoms with van der Waals surface area (Å²) in [7, 11) is 0. The van der Waals surface area contributed by atoms with Crippen molar-refractivity contribution in [1.29, 1.82) is 0 Å². The fourth-order valence-electron chi connectivity index (χ4n) is 1.70. The third-order valence-electron chi connectivity index (χ3n) is 2.65. The maximum absolute atomic E-state index is 11.9. The smallest absolute Gasteiger partial charge is 0.229 e. The molecule has 18 heavy (non-hydrogen) atoms. The molecule has 1 unspecified atom stereocenters. The lowest BCUT2D eigenvalue weighted by atomic mass is 10.1. The Hall–Kier alpha value is -1.51. The summed E-state index contributed by atoms with van der Waals surface area (Å²) in [5.41, 5.74) is 6.13. The van der Waals surface area contributed by atoms with Crippen molar-refractivity contribution in [2.45, 2.75) is 6.42 Å². The van der Waals surface area contributed by atoms with E-state index in [1.54, 1.807) is 18.3 Å². The van der Waals surface area contributed by atoms with Crippen LogP contribution in [0.25, 0.3) is 0 Å². The van der Waals surface area contributed by atoms with Gasteiger partial charge < -0.3 is 11.1 Å². The van der Waals surface area contributed by atoms with Crippen LogP contribution in [0.2, 0.25) is 0 Å². The highest BCUT2D eigenvalue weighted by Crippen LogP contribution is 2.24. The van der Waals surface area contributed by atoms with E-state index >= 15 is 0 Å². The molecule has 3 N–H and O–H groups in total. The van der Waals surface area contributed by atoms with Gasteiger partial charge in [-0.15, -0.1) is 0 Å². The van der Waals surface area contributed by atoms with Crippen molar-refractivity contribution in [2.75, 3.05) is 23.4 Å². The first-order chi connectivity index (χ1) is 8.79. The molecule has 1 saturated heterocycles. The van der Waals surface area contributed by atoms with Crippen LogP contribution in [0, 0.1) is 17.8 Å². The van der Waals surface area contributed by atoms with Gasteiger partial charge in [-0.2, -0.15) is 11.8 Å². The molecule has 0 aromatic carbocycles. The third-order valence-corrected chi connectivity index (χ3v) is 3.81. The molecule has 1 amide bonds. The molecule has 0 bridgehead atoms. The first kappa shape index (κ1) is 12.9. The van der Waals surface area contributed by atoms with Gasteiger partial charge in [-0.05, 0) is 24.3 Å². The quantitative estimate of drug-likeness (QED) is 0.782. The molecule has 1 aliphatic heterocycles. The highest BCUT2D eigenvalue weighted by atomic mass is 32.2. The maximum Gasteiger partial charge on any atom is 0.229 e. The first-order valence-corrected chi connectivity index (χ1v) is 6.98. The van der Waals surface area contributed by atoms with Crippen LogP contribution >= 0.6 is 11.8 Å². The Morgan fingerprint density at radius 1 is 1.67 bits per heavy atom. The Balaban J connectivity index is 2.02. The molecule has 94 valence electrons. The third kappa shape index (κ3) is 3.49. The van der Waals surface area contributed by atoms with Gasteiger partial charge in [0.15, 0.2) is 0 Å². The van der Waals surface area contributed by atoms with Crippen molar-refractivity contribution < 1.29 is 4.79 Å². The van der Waals surface area contributed by atoms with E-state index in [0.717, 1.165) is 23.5 Å². The number of aromatic nitrogens is 1. The molecule has 1 aliphatic rings. The van der Waals surface area contributed by atoms with E-state index in [2.05, 4.69) is 22.1 Å². The summed E-state index contributed by atoms with van der Waals surface area (Å²) in [4.78, 5) is 16.0. The van der Waals surface area contributed by atoms with Crippen molar-refractivity contribution in [3.05, 3.63) is 23.9 Å². The lowest BCUT2D eigenvalue weighted by molar-refractivity contribution is -0.119. The molecule has 1 atom stereocenters. The number of pyridine rings is 1. The predicted octanol–water partition coefficient (Wildman–Crippen LogP) is 1.08. The van der Waals surface area contributed by atoms with Crippen molar-refractivity contribution in [2.24, 2.45) is 11.7 Å². The number of rotatable bonds is 2. The lowest BCUT2D eigenvalue weighted by Crippen LogP contribution is -2.22. The highest BCUT2D eigenvalue weighted by molar-refractivity contribution is 7.99. The zero-order valence-corrected chi connectivity index (χ0v) is 10.8. The van der Waals surface area contributed by atoms with Crippen molar-refractivity contribution in [1.82, 2.24) is 4.98 Å². The van der Waals surface area contributed by atoms with Crippen LogP contribution in [-0.4, -0.2) is 28.9 Å². The van der Waals surface area contributed by atoms with E-state index in [4.69, 9.17) is 5.73 Å². The number of carbonyl (C=O) groups is 1. The van der Waals surface area contributed by atoms with Crippen LogP contribution in [0.1, 0.15) is 12.0 Å². The van der Waals surface area contributed by atoms with E-state index in [-0.39, 0.29) is 11.8 Å². The average Bonchev–Trinajstić information content (AvgIpc) is 2.91. The molecule has 1 fully saturated rings. The standard InChI is InChI=1S/C13H15N3OS/c14-5-1-2-10-3-6-15-12(8-10)16-13(17)11-4-7-18-9-11/h3,6,8,11H,4-5,7,9,14H2,(H,15,16,17). The Labute approximate surface area is 111 Å². The average molecular weight is 261 g/mol. The van der Waals surface area contributed by atoms with Crippen LogP contribution in [0.4, 0.5) is 5.82 Å². The molecule has 0 aliphatic carbocycles. The number of hydrogen-bond donors (Lipinski definition) is 2. The van der Waals surface area contributed by atoms with E-state index in [0.29, 0.717) is 12.4 Å². The van der Waals surface area contributed by atoms with Crippen molar-refractivity contribution >= 4 is 23.5 Å². The molecule has 1 aromatic rings. The minimum Gasteiger partial charge on any atom is -0.320 e. The zero-order chi connectivity index (χ0) is 12.8. The minimum atomic E-state index is 0.0523. The van der Waals surface area contributed by atoms with Gasteiger partial charge in [0, 0.05) is 23.4 Å². The van der Waals surface area contributed by atoms with Gasteiger partial charge in [-0.3, -0.25) is 4.79 Å². The molecule has 2 heterocycles. The summed E-state index contributed by atoms with van der Waals surface area (Å²) in [5.74, 6) is 8.37. The highest BCUT2D eigenvalue weighted by Gasteiger charge is 2.23. The Morgan fingerprint density at radius 2 is 2.56 bits per heavy atom. The Kier molecular flexibility index (Phi) is 4.62. The van der Waals surface area contributed by atoms with Crippen LogP contribution < -0.4 is 11.1 Å². The predicted molar refractivity (Wildman–Crippen MR) is 74.2 cm³/mol.